The van der Waals surface area contributed by atoms with E-state index >= 15 is 0 Å². The Balaban J connectivity index is 2.72. The van der Waals surface area contributed by atoms with Crippen molar-refractivity contribution >= 4 is 33.9 Å². The van der Waals surface area contributed by atoms with Crippen LogP contribution in [0.25, 0.3) is 10.9 Å². The van der Waals surface area contributed by atoms with Crippen molar-refractivity contribution in [1.29, 1.82) is 0 Å². The number of rotatable bonds is 3. The van der Waals surface area contributed by atoms with Crippen molar-refractivity contribution < 1.29 is 4.92 Å². The largest absolute Gasteiger partial charge is 0.380 e. The summed E-state index contributed by atoms with van der Waals surface area (Å²) < 4.78 is 0. The Kier molecular flexibility index (Phi) is 3.10. The van der Waals surface area contributed by atoms with Crippen molar-refractivity contribution in [2.24, 2.45) is 0 Å². The van der Waals surface area contributed by atoms with Gasteiger partial charge in [0.05, 0.1) is 15.5 Å². The Morgan fingerprint density at radius 2 is 2.29 bits per heavy atom. The van der Waals surface area contributed by atoms with Gasteiger partial charge in [-0.1, -0.05) is 11.6 Å². The minimum Gasteiger partial charge on any atom is -0.380 e. The van der Waals surface area contributed by atoms with E-state index in [0.29, 0.717) is 28.2 Å². The normalized spacial score (nSPS) is 10.5. The van der Waals surface area contributed by atoms with E-state index in [1.807, 2.05) is 6.92 Å². The second-order valence-electron chi connectivity index (χ2n) is 3.47. The van der Waals surface area contributed by atoms with Gasteiger partial charge in [0.15, 0.2) is 0 Å². The van der Waals surface area contributed by atoms with Crippen LogP contribution < -0.4 is 5.32 Å². The van der Waals surface area contributed by atoms with E-state index < -0.39 is 4.92 Å². The molecule has 1 aromatic carbocycles. The first-order valence-electron chi connectivity index (χ1n) is 5.10. The molecule has 1 aromatic heterocycles. The number of halogens is 1. The molecule has 0 unspecified atom stereocenters. The topological polar surface area (TPSA) is 68.1 Å². The number of nitro groups is 1. The van der Waals surface area contributed by atoms with Crippen molar-refractivity contribution in [3.63, 3.8) is 0 Å². The van der Waals surface area contributed by atoms with Crippen LogP contribution in [0, 0.1) is 10.1 Å². The third kappa shape index (κ3) is 2.14. The lowest BCUT2D eigenvalue weighted by atomic mass is 10.1. The zero-order valence-corrected chi connectivity index (χ0v) is 9.86. The number of pyridine rings is 1. The first kappa shape index (κ1) is 11.6. The summed E-state index contributed by atoms with van der Waals surface area (Å²) in [6.07, 6.45) is 1.58. The number of hydrogen-bond acceptors (Lipinski definition) is 4. The standard InChI is InChI=1S/C11H10ClN3O2/c1-2-13-10-6-9-7(5-11(10)15(16)17)8(12)3-4-14-9/h3-6,13H,2H2,1H3. The molecule has 0 spiro atoms. The third-order valence-electron chi connectivity index (χ3n) is 2.37. The molecule has 0 amide bonds. The number of aromatic nitrogens is 1. The van der Waals surface area contributed by atoms with Gasteiger partial charge in [0, 0.05) is 24.2 Å². The molecular formula is C11H10ClN3O2. The maximum Gasteiger partial charge on any atom is 0.293 e. The number of nitrogens with zero attached hydrogens (tertiary/aromatic N) is 2. The van der Waals surface area contributed by atoms with Crippen LogP contribution in [0.1, 0.15) is 6.92 Å². The molecule has 0 fully saturated rings. The molecule has 0 atom stereocenters. The number of nitro benzene ring substituents is 1. The molecule has 1 heterocycles. The molecule has 88 valence electrons. The van der Waals surface area contributed by atoms with Crippen molar-refractivity contribution in [3.05, 3.63) is 39.5 Å². The average Bonchev–Trinajstić information content (AvgIpc) is 2.29. The van der Waals surface area contributed by atoms with Crippen LogP contribution in [0.3, 0.4) is 0 Å². The first-order valence-corrected chi connectivity index (χ1v) is 5.47. The Morgan fingerprint density at radius 1 is 1.53 bits per heavy atom. The smallest absolute Gasteiger partial charge is 0.293 e. The molecule has 0 aliphatic heterocycles. The summed E-state index contributed by atoms with van der Waals surface area (Å²) in [4.78, 5) is 14.7. The minimum absolute atomic E-state index is 0.00856. The number of fused-ring (bicyclic) bond motifs is 1. The molecule has 2 rings (SSSR count). The quantitative estimate of drug-likeness (QED) is 0.672. The van der Waals surface area contributed by atoms with Gasteiger partial charge < -0.3 is 5.32 Å². The number of nitrogens with one attached hydrogen (secondary N) is 1. The van der Waals surface area contributed by atoms with Crippen molar-refractivity contribution in [1.82, 2.24) is 4.98 Å². The van der Waals surface area contributed by atoms with Crippen molar-refractivity contribution in [2.75, 3.05) is 11.9 Å². The van der Waals surface area contributed by atoms with E-state index in [2.05, 4.69) is 10.3 Å². The average molecular weight is 252 g/mol. The molecule has 0 saturated carbocycles. The molecule has 0 aliphatic carbocycles. The van der Waals surface area contributed by atoms with E-state index in [1.54, 1.807) is 18.3 Å². The minimum atomic E-state index is -0.430. The van der Waals surface area contributed by atoms with Gasteiger partial charge in [-0.15, -0.1) is 0 Å². The zero-order chi connectivity index (χ0) is 12.4. The van der Waals surface area contributed by atoms with Gasteiger partial charge in [0.1, 0.15) is 5.69 Å². The summed E-state index contributed by atoms with van der Waals surface area (Å²) in [5.41, 5.74) is 1.10. The number of benzene rings is 1. The second kappa shape index (κ2) is 4.55. The molecule has 0 bridgehead atoms. The van der Waals surface area contributed by atoms with Gasteiger partial charge in [0.2, 0.25) is 0 Å². The van der Waals surface area contributed by atoms with Crippen molar-refractivity contribution in [3.8, 4) is 0 Å². The lowest BCUT2D eigenvalue weighted by molar-refractivity contribution is -0.383. The van der Waals surface area contributed by atoms with E-state index in [9.17, 15) is 10.1 Å². The van der Waals surface area contributed by atoms with Crippen LogP contribution in [0.15, 0.2) is 24.4 Å². The number of anilines is 1. The SMILES string of the molecule is CCNc1cc2nccc(Cl)c2cc1[N+](=O)[O-]. The van der Waals surface area contributed by atoms with Gasteiger partial charge >= 0.3 is 0 Å². The Morgan fingerprint density at radius 3 is 2.94 bits per heavy atom. The zero-order valence-electron chi connectivity index (χ0n) is 9.11. The van der Waals surface area contributed by atoms with Crippen LogP contribution in [0.5, 0.6) is 0 Å². The second-order valence-corrected chi connectivity index (χ2v) is 3.87. The van der Waals surface area contributed by atoms with Crippen molar-refractivity contribution in [2.45, 2.75) is 6.92 Å². The van der Waals surface area contributed by atoms with Gasteiger partial charge in [-0.05, 0) is 19.1 Å². The Hall–Kier alpha value is -1.88. The van der Waals surface area contributed by atoms with Crippen LogP contribution in [0.4, 0.5) is 11.4 Å². The Labute approximate surface area is 103 Å². The van der Waals surface area contributed by atoms with E-state index in [1.165, 1.54) is 6.07 Å². The summed E-state index contributed by atoms with van der Waals surface area (Å²) in [5, 5.41) is 14.9. The van der Waals surface area contributed by atoms with Crippen LogP contribution >= 0.6 is 11.6 Å². The lowest BCUT2D eigenvalue weighted by Gasteiger charge is -2.06. The van der Waals surface area contributed by atoms with Crippen LogP contribution in [-0.2, 0) is 0 Å². The van der Waals surface area contributed by atoms with Gasteiger partial charge in [-0.25, -0.2) is 0 Å². The summed E-state index contributed by atoms with van der Waals surface area (Å²) in [6.45, 7) is 2.48. The van der Waals surface area contributed by atoms with Gasteiger partial charge in [-0.3, -0.25) is 15.1 Å². The highest BCUT2D eigenvalue weighted by atomic mass is 35.5. The monoisotopic (exact) mass is 251 g/mol. The third-order valence-corrected chi connectivity index (χ3v) is 2.70. The fourth-order valence-electron chi connectivity index (χ4n) is 1.63. The Bertz CT molecular complexity index is 586. The van der Waals surface area contributed by atoms with E-state index in [4.69, 9.17) is 11.6 Å². The molecule has 0 aliphatic rings. The highest BCUT2D eigenvalue weighted by molar-refractivity contribution is 6.35. The molecule has 2 aromatic rings. The maximum atomic E-state index is 11.0. The predicted octanol–water partition coefficient (Wildman–Crippen LogP) is 3.23. The summed E-state index contributed by atoms with van der Waals surface area (Å²) in [7, 11) is 0. The molecule has 5 nitrogen and oxygen atoms in total. The summed E-state index contributed by atoms with van der Waals surface area (Å²) in [6, 6.07) is 4.70. The predicted molar refractivity (Wildman–Crippen MR) is 67.6 cm³/mol. The summed E-state index contributed by atoms with van der Waals surface area (Å²) >= 11 is 5.98. The number of hydrogen-bond donors (Lipinski definition) is 1. The maximum absolute atomic E-state index is 11.0. The van der Waals surface area contributed by atoms with E-state index in [0.717, 1.165) is 0 Å². The van der Waals surface area contributed by atoms with Crippen LogP contribution in [0.2, 0.25) is 5.02 Å². The van der Waals surface area contributed by atoms with Gasteiger partial charge in [-0.2, -0.15) is 0 Å². The van der Waals surface area contributed by atoms with Gasteiger partial charge in [0.25, 0.3) is 5.69 Å². The highest BCUT2D eigenvalue weighted by Crippen LogP contribution is 2.32. The molecule has 1 N–H and O–H groups in total. The molecule has 6 heteroatoms. The molecule has 0 radical (unpaired) electrons. The summed E-state index contributed by atoms with van der Waals surface area (Å²) in [5.74, 6) is 0. The fraction of sp³-hybridized carbons (Fsp3) is 0.182. The highest BCUT2D eigenvalue weighted by Gasteiger charge is 2.16. The molecule has 0 saturated heterocycles. The fourth-order valence-corrected chi connectivity index (χ4v) is 1.84. The molecule has 17 heavy (non-hydrogen) atoms. The van der Waals surface area contributed by atoms with Crippen LogP contribution in [-0.4, -0.2) is 16.5 Å². The lowest BCUT2D eigenvalue weighted by Crippen LogP contribution is -2.01. The molecular weight excluding hydrogens is 242 g/mol. The van der Waals surface area contributed by atoms with E-state index in [-0.39, 0.29) is 5.69 Å². The first-order chi connectivity index (χ1) is 8.13.